The quantitative estimate of drug-likeness (QED) is 0.524. The number of amides is 2. The molecule has 0 aromatic heterocycles. The van der Waals surface area contributed by atoms with Gasteiger partial charge in [-0.15, -0.1) is 0 Å². The van der Waals surface area contributed by atoms with Gasteiger partial charge in [0.1, 0.15) is 11.8 Å². The van der Waals surface area contributed by atoms with Gasteiger partial charge in [-0.05, 0) is 42.3 Å². The number of carbonyl (C=O) groups is 2. The molecule has 2 amide bonds. The van der Waals surface area contributed by atoms with Crippen molar-refractivity contribution in [3.05, 3.63) is 63.6 Å². The number of benzene rings is 2. The van der Waals surface area contributed by atoms with Crippen LogP contribution in [0.25, 0.3) is 0 Å². The first-order chi connectivity index (χ1) is 15.4. The molecule has 0 saturated carbocycles. The third-order valence-electron chi connectivity index (χ3n) is 5.07. The normalized spacial score (nSPS) is 12.3. The van der Waals surface area contributed by atoms with E-state index in [1.165, 1.54) is 11.9 Å². The second-order valence-corrected chi connectivity index (χ2v) is 10.5. The Hall–Kier alpha value is -2.33. The molecule has 0 radical (unpaired) electrons. The third kappa shape index (κ3) is 7.89. The van der Waals surface area contributed by atoms with Gasteiger partial charge in [0, 0.05) is 30.2 Å². The molecule has 0 saturated heterocycles. The standard InChI is InChI=1S/C22H27Cl2N3O5S/c1-15(22(29)25-12-17-7-8-18(23)11-20(17)24)27(21(28)14-26(2)33(4,30)31)13-16-5-9-19(32-3)10-6-16/h5-11,15H,12-14H2,1-4H3,(H,25,29)/t15-/m1/s1. The Morgan fingerprint density at radius 3 is 2.30 bits per heavy atom. The second kappa shape index (κ2) is 11.7. The summed E-state index contributed by atoms with van der Waals surface area (Å²) in [7, 11) is -0.712. The molecule has 33 heavy (non-hydrogen) atoms. The fraction of sp³-hybridized carbons (Fsp3) is 0.364. The monoisotopic (exact) mass is 515 g/mol. The summed E-state index contributed by atoms with van der Waals surface area (Å²) in [5.74, 6) is -0.269. The number of halogens is 2. The molecule has 0 aliphatic carbocycles. The predicted octanol–water partition coefficient (Wildman–Crippen LogP) is 2.93. The van der Waals surface area contributed by atoms with E-state index in [4.69, 9.17) is 27.9 Å². The molecule has 0 aliphatic rings. The Morgan fingerprint density at radius 1 is 1.12 bits per heavy atom. The van der Waals surface area contributed by atoms with Gasteiger partial charge in [0.15, 0.2) is 0 Å². The Labute approximate surface area is 204 Å². The van der Waals surface area contributed by atoms with Crippen LogP contribution in [0.5, 0.6) is 5.75 Å². The van der Waals surface area contributed by atoms with Gasteiger partial charge >= 0.3 is 0 Å². The Bertz CT molecular complexity index is 1090. The first kappa shape index (κ1) is 26.9. The van der Waals surface area contributed by atoms with Crippen LogP contribution >= 0.6 is 23.2 Å². The average molecular weight is 516 g/mol. The highest BCUT2D eigenvalue weighted by Gasteiger charge is 2.28. The fourth-order valence-electron chi connectivity index (χ4n) is 2.90. The molecule has 1 N–H and O–H groups in total. The zero-order valence-corrected chi connectivity index (χ0v) is 21.2. The third-order valence-corrected chi connectivity index (χ3v) is 6.92. The lowest BCUT2D eigenvalue weighted by Gasteiger charge is -2.30. The van der Waals surface area contributed by atoms with Crippen molar-refractivity contribution in [1.82, 2.24) is 14.5 Å². The number of nitrogens with one attached hydrogen (secondary N) is 1. The summed E-state index contributed by atoms with van der Waals surface area (Å²) in [4.78, 5) is 27.2. The van der Waals surface area contributed by atoms with E-state index < -0.39 is 34.4 Å². The minimum Gasteiger partial charge on any atom is -0.497 e. The number of hydrogen-bond acceptors (Lipinski definition) is 5. The minimum atomic E-state index is -3.57. The Kier molecular flexibility index (Phi) is 9.54. The Morgan fingerprint density at radius 2 is 1.76 bits per heavy atom. The molecule has 0 bridgehead atoms. The van der Waals surface area contributed by atoms with Crippen molar-refractivity contribution in [1.29, 1.82) is 0 Å². The summed E-state index contributed by atoms with van der Waals surface area (Å²) in [6, 6.07) is 11.1. The fourth-order valence-corrected chi connectivity index (χ4v) is 3.72. The van der Waals surface area contributed by atoms with Gasteiger partial charge in [-0.3, -0.25) is 9.59 Å². The SMILES string of the molecule is COc1ccc(CN(C(=O)CN(C)S(C)(=O)=O)[C@H](C)C(=O)NCc2ccc(Cl)cc2Cl)cc1. The lowest BCUT2D eigenvalue weighted by molar-refractivity contribution is -0.140. The number of likely N-dealkylation sites (N-methyl/N-ethyl adjacent to an activating group) is 1. The van der Waals surface area contributed by atoms with Crippen molar-refractivity contribution < 1.29 is 22.7 Å². The molecule has 0 heterocycles. The highest BCUT2D eigenvalue weighted by Crippen LogP contribution is 2.21. The van der Waals surface area contributed by atoms with Gasteiger partial charge < -0.3 is 15.0 Å². The van der Waals surface area contributed by atoms with Crippen LogP contribution in [-0.2, 0) is 32.7 Å². The van der Waals surface area contributed by atoms with E-state index in [9.17, 15) is 18.0 Å². The lowest BCUT2D eigenvalue weighted by Crippen LogP contribution is -2.50. The van der Waals surface area contributed by atoms with E-state index in [1.54, 1.807) is 56.5 Å². The van der Waals surface area contributed by atoms with Crippen LogP contribution < -0.4 is 10.1 Å². The van der Waals surface area contributed by atoms with Crippen LogP contribution in [0.1, 0.15) is 18.1 Å². The molecule has 1 atom stereocenters. The number of rotatable bonds is 10. The topological polar surface area (TPSA) is 96.0 Å². The molecule has 0 aliphatic heterocycles. The summed E-state index contributed by atoms with van der Waals surface area (Å²) in [5.41, 5.74) is 1.43. The van der Waals surface area contributed by atoms with Crippen molar-refractivity contribution in [3.63, 3.8) is 0 Å². The van der Waals surface area contributed by atoms with E-state index in [-0.39, 0.29) is 13.1 Å². The zero-order chi connectivity index (χ0) is 24.8. The number of nitrogens with zero attached hydrogens (tertiary/aromatic N) is 2. The minimum absolute atomic E-state index is 0.108. The van der Waals surface area contributed by atoms with Crippen molar-refractivity contribution >= 4 is 45.0 Å². The van der Waals surface area contributed by atoms with Crippen LogP contribution in [-0.4, -0.2) is 62.4 Å². The molecule has 2 rings (SSSR count). The number of ether oxygens (including phenoxy) is 1. The molecular weight excluding hydrogens is 489 g/mol. The summed E-state index contributed by atoms with van der Waals surface area (Å²) in [6.45, 7) is 1.44. The summed E-state index contributed by atoms with van der Waals surface area (Å²) in [6.07, 6.45) is 1.01. The maximum absolute atomic E-state index is 13.0. The molecular formula is C22H27Cl2N3O5S. The van der Waals surface area contributed by atoms with E-state index in [0.29, 0.717) is 21.4 Å². The van der Waals surface area contributed by atoms with Crippen LogP contribution in [0, 0.1) is 0 Å². The molecule has 0 unspecified atom stereocenters. The largest absolute Gasteiger partial charge is 0.497 e. The van der Waals surface area contributed by atoms with Crippen LogP contribution in [0.2, 0.25) is 10.0 Å². The maximum atomic E-state index is 13.0. The molecule has 180 valence electrons. The van der Waals surface area contributed by atoms with Gasteiger partial charge in [0.2, 0.25) is 21.8 Å². The molecule has 2 aromatic carbocycles. The van der Waals surface area contributed by atoms with E-state index in [0.717, 1.165) is 16.1 Å². The smallest absolute Gasteiger partial charge is 0.242 e. The van der Waals surface area contributed by atoms with Crippen LogP contribution in [0.3, 0.4) is 0 Å². The predicted molar refractivity (Wildman–Crippen MR) is 129 cm³/mol. The van der Waals surface area contributed by atoms with E-state index >= 15 is 0 Å². The van der Waals surface area contributed by atoms with Gasteiger partial charge in [0.25, 0.3) is 0 Å². The van der Waals surface area contributed by atoms with Crippen molar-refractivity contribution in [2.24, 2.45) is 0 Å². The zero-order valence-electron chi connectivity index (χ0n) is 18.8. The number of hydrogen-bond donors (Lipinski definition) is 1. The second-order valence-electron chi connectivity index (χ2n) is 7.52. The van der Waals surface area contributed by atoms with Crippen molar-refractivity contribution in [2.45, 2.75) is 26.1 Å². The highest BCUT2D eigenvalue weighted by atomic mass is 35.5. The first-order valence-electron chi connectivity index (χ1n) is 9.97. The summed E-state index contributed by atoms with van der Waals surface area (Å²) in [5, 5.41) is 3.66. The van der Waals surface area contributed by atoms with E-state index in [2.05, 4.69) is 5.32 Å². The van der Waals surface area contributed by atoms with Crippen LogP contribution in [0.4, 0.5) is 0 Å². The number of methoxy groups -OCH3 is 1. The average Bonchev–Trinajstić information content (AvgIpc) is 2.75. The summed E-state index contributed by atoms with van der Waals surface area (Å²) < 4.78 is 29.6. The number of sulfonamides is 1. The van der Waals surface area contributed by atoms with Gasteiger partial charge in [-0.25, -0.2) is 8.42 Å². The van der Waals surface area contributed by atoms with Gasteiger partial charge in [0.05, 0.1) is 19.9 Å². The Balaban J connectivity index is 2.19. The summed E-state index contributed by atoms with van der Waals surface area (Å²) >= 11 is 12.1. The van der Waals surface area contributed by atoms with E-state index in [1.807, 2.05) is 0 Å². The van der Waals surface area contributed by atoms with Crippen molar-refractivity contribution in [3.8, 4) is 5.75 Å². The lowest BCUT2D eigenvalue weighted by atomic mass is 10.1. The molecule has 11 heteroatoms. The highest BCUT2D eigenvalue weighted by molar-refractivity contribution is 7.88. The molecule has 2 aromatic rings. The molecule has 0 spiro atoms. The van der Waals surface area contributed by atoms with Gasteiger partial charge in [-0.1, -0.05) is 41.4 Å². The first-order valence-corrected chi connectivity index (χ1v) is 12.6. The van der Waals surface area contributed by atoms with Crippen LogP contribution in [0.15, 0.2) is 42.5 Å². The van der Waals surface area contributed by atoms with Crippen molar-refractivity contribution in [2.75, 3.05) is 27.0 Å². The van der Waals surface area contributed by atoms with Gasteiger partial charge in [-0.2, -0.15) is 4.31 Å². The maximum Gasteiger partial charge on any atom is 0.242 e. The number of carbonyl (C=O) groups excluding carboxylic acids is 2. The molecule has 8 nitrogen and oxygen atoms in total. The molecule has 0 fully saturated rings.